The number of aliphatic hydroxyl groups excluding tert-OH is 1. The summed E-state index contributed by atoms with van der Waals surface area (Å²) >= 11 is 0. The van der Waals surface area contributed by atoms with Crippen LogP contribution in [0.15, 0.2) is 18.2 Å². The maximum atomic E-state index is 10.8. The number of ether oxygens (including phenoxy) is 5. The van der Waals surface area contributed by atoms with E-state index in [2.05, 4.69) is 39.0 Å². The second-order valence-electron chi connectivity index (χ2n) is 9.80. The number of benzene rings is 1. The molecular weight excluding hydrogens is 420 g/mol. The lowest BCUT2D eigenvalue weighted by molar-refractivity contribution is -0.230. The fourth-order valence-corrected chi connectivity index (χ4v) is 4.50. The van der Waals surface area contributed by atoms with E-state index in [1.807, 2.05) is 13.8 Å². The summed E-state index contributed by atoms with van der Waals surface area (Å²) in [4.78, 5) is 0. The van der Waals surface area contributed by atoms with E-state index in [0.717, 1.165) is 62.9 Å². The summed E-state index contributed by atoms with van der Waals surface area (Å²) in [5.41, 5.74) is 2.30. The molecule has 6 heteroatoms. The zero-order valence-corrected chi connectivity index (χ0v) is 21.2. The van der Waals surface area contributed by atoms with Crippen molar-refractivity contribution in [2.75, 3.05) is 6.61 Å². The molecule has 0 aromatic heterocycles. The van der Waals surface area contributed by atoms with Gasteiger partial charge in [-0.3, -0.25) is 0 Å². The normalized spacial score (nSPS) is 27.0. The minimum atomic E-state index is -0.725. The van der Waals surface area contributed by atoms with Crippen molar-refractivity contribution in [3.8, 4) is 5.75 Å². The average molecular weight is 465 g/mol. The van der Waals surface area contributed by atoms with Crippen molar-refractivity contribution in [3.63, 3.8) is 0 Å². The predicted octanol–water partition coefficient (Wildman–Crippen LogP) is 5.52. The third-order valence-corrected chi connectivity index (χ3v) is 6.39. The minimum absolute atomic E-state index is 0.356. The molecule has 5 atom stereocenters. The molecule has 0 unspecified atom stereocenters. The van der Waals surface area contributed by atoms with Crippen LogP contribution in [0, 0.1) is 0 Å². The van der Waals surface area contributed by atoms with Crippen LogP contribution in [0.4, 0.5) is 0 Å². The fourth-order valence-electron chi connectivity index (χ4n) is 4.50. The second-order valence-corrected chi connectivity index (χ2v) is 9.80. The number of unbranched alkanes of at least 4 members (excludes halogenated alkanes) is 3. The molecule has 2 aliphatic heterocycles. The third-order valence-electron chi connectivity index (χ3n) is 6.39. The Bertz CT molecular complexity index is 721. The molecule has 6 nitrogen and oxygen atoms in total. The molecule has 188 valence electrons. The van der Waals surface area contributed by atoms with Crippen molar-refractivity contribution in [1.29, 1.82) is 0 Å². The van der Waals surface area contributed by atoms with Crippen LogP contribution in [0.3, 0.4) is 0 Å². The topological polar surface area (TPSA) is 66.4 Å². The molecule has 1 aromatic carbocycles. The van der Waals surface area contributed by atoms with E-state index >= 15 is 0 Å². The summed E-state index contributed by atoms with van der Waals surface area (Å²) < 4.78 is 30.6. The quantitative estimate of drug-likeness (QED) is 0.366. The van der Waals surface area contributed by atoms with Crippen molar-refractivity contribution >= 4 is 0 Å². The zero-order chi connectivity index (χ0) is 23.8. The molecule has 2 saturated heterocycles. The van der Waals surface area contributed by atoms with Crippen LogP contribution in [-0.4, -0.2) is 48.2 Å². The predicted molar refractivity (Wildman–Crippen MR) is 128 cm³/mol. The molecule has 1 aromatic rings. The third kappa shape index (κ3) is 7.15. The fraction of sp³-hybridized carbons (Fsp3) is 0.778. The number of aliphatic hydroxyl groups is 1. The van der Waals surface area contributed by atoms with Crippen molar-refractivity contribution < 1.29 is 28.8 Å². The summed E-state index contributed by atoms with van der Waals surface area (Å²) in [6.07, 6.45) is 5.76. The molecule has 0 radical (unpaired) electrons. The first-order chi connectivity index (χ1) is 15.9. The van der Waals surface area contributed by atoms with Gasteiger partial charge in [0, 0.05) is 0 Å². The monoisotopic (exact) mass is 464 g/mol. The molecular formula is C27H44O6. The number of aryl methyl sites for hydroxylation is 1. The lowest BCUT2D eigenvalue weighted by Gasteiger charge is -2.28. The van der Waals surface area contributed by atoms with Gasteiger partial charge in [-0.15, -0.1) is 0 Å². The van der Waals surface area contributed by atoms with Crippen LogP contribution in [-0.2, 0) is 32.0 Å². The van der Waals surface area contributed by atoms with Crippen molar-refractivity contribution in [2.45, 2.75) is 129 Å². The number of hydrogen-bond acceptors (Lipinski definition) is 6. The molecule has 2 aliphatic rings. The molecule has 0 bridgehead atoms. The largest absolute Gasteiger partial charge is 0.493 e. The van der Waals surface area contributed by atoms with Crippen LogP contribution < -0.4 is 4.74 Å². The summed E-state index contributed by atoms with van der Waals surface area (Å²) in [5, 5.41) is 10.8. The van der Waals surface area contributed by atoms with Gasteiger partial charge in [0.25, 0.3) is 0 Å². The Balaban J connectivity index is 1.70. The van der Waals surface area contributed by atoms with Crippen LogP contribution in [0.5, 0.6) is 5.75 Å². The van der Waals surface area contributed by atoms with E-state index in [1.165, 1.54) is 5.56 Å². The standard InChI is InChI=1S/C27H44O6/c1-6-9-12-20-15-14-19(17-22(20)29-16-11-8-3)18-30-24-23(21(28)13-10-7-2)31-26-25(24)32-27(4,5)33-26/h14-15,17,21,23-26,28H,6-13,16,18H2,1-5H3/t21-,23+,24-,25+,26+/m0/s1. The van der Waals surface area contributed by atoms with E-state index < -0.39 is 30.4 Å². The van der Waals surface area contributed by atoms with E-state index in [0.29, 0.717) is 13.0 Å². The zero-order valence-electron chi connectivity index (χ0n) is 21.2. The maximum absolute atomic E-state index is 10.8. The Labute approximate surface area is 199 Å². The molecule has 0 saturated carbocycles. The van der Waals surface area contributed by atoms with Gasteiger partial charge in [-0.05, 0) is 56.7 Å². The molecule has 3 rings (SSSR count). The van der Waals surface area contributed by atoms with Gasteiger partial charge in [-0.1, -0.05) is 58.6 Å². The first kappa shape index (κ1) is 26.4. The minimum Gasteiger partial charge on any atom is -0.493 e. The van der Waals surface area contributed by atoms with Crippen LogP contribution in [0.2, 0.25) is 0 Å². The van der Waals surface area contributed by atoms with Gasteiger partial charge in [0.05, 0.1) is 19.3 Å². The molecule has 33 heavy (non-hydrogen) atoms. The SMILES string of the molecule is CCCCOc1cc(CO[C@@H]2[C@H]3OC(C)(C)O[C@H]3O[C@@H]2[C@@H](O)CCCC)ccc1CCCC. The second kappa shape index (κ2) is 12.5. The highest BCUT2D eigenvalue weighted by Crippen LogP contribution is 2.40. The van der Waals surface area contributed by atoms with E-state index in [4.69, 9.17) is 23.7 Å². The van der Waals surface area contributed by atoms with E-state index in [1.54, 1.807) is 0 Å². The van der Waals surface area contributed by atoms with Crippen LogP contribution >= 0.6 is 0 Å². The van der Waals surface area contributed by atoms with Gasteiger partial charge in [0.2, 0.25) is 0 Å². The molecule has 0 spiro atoms. The Kier molecular flexibility index (Phi) is 10.0. The van der Waals surface area contributed by atoms with Gasteiger partial charge in [0.1, 0.15) is 24.1 Å². The van der Waals surface area contributed by atoms with Gasteiger partial charge in [-0.25, -0.2) is 0 Å². The first-order valence-corrected chi connectivity index (χ1v) is 12.9. The first-order valence-electron chi connectivity index (χ1n) is 12.9. The molecule has 2 heterocycles. The molecule has 0 aliphatic carbocycles. The Morgan fingerprint density at radius 2 is 1.79 bits per heavy atom. The number of rotatable bonds is 14. The summed E-state index contributed by atoms with van der Waals surface area (Å²) in [5.74, 6) is 0.233. The number of hydrogen-bond donors (Lipinski definition) is 1. The van der Waals surface area contributed by atoms with Crippen molar-refractivity contribution in [1.82, 2.24) is 0 Å². The Hall–Kier alpha value is -1.18. The van der Waals surface area contributed by atoms with Crippen LogP contribution in [0.25, 0.3) is 0 Å². The van der Waals surface area contributed by atoms with Gasteiger partial charge < -0.3 is 28.8 Å². The highest BCUT2D eigenvalue weighted by Gasteiger charge is 2.56. The molecule has 0 amide bonds. The highest BCUT2D eigenvalue weighted by atomic mass is 16.8. The van der Waals surface area contributed by atoms with Gasteiger partial charge in [0.15, 0.2) is 12.1 Å². The Morgan fingerprint density at radius 3 is 2.52 bits per heavy atom. The van der Waals surface area contributed by atoms with Crippen molar-refractivity contribution in [2.24, 2.45) is 0 Å². The average Bonchev–Trinajstić information content (AvgIpc) is 3.27. The summed E-state index contributed by atoms with van der Waals surface area (Å²) in [6.45, 7) is 11.4. The van der Waals surface area contributed by atoms with Crippen LogP contribution in [0.1, 0.15) is 90.7 Å². The van der Waals surface area contributed by atoms with Gasteiger partial charge >= 0.3 is 0 Å². The van der Waals surface area contributed by atoms with Crippen molar-refractivity contribution in [3.05, 3.63) is 29.3 Å². The van der Waals surface area contributed by atoms with E-state index in [9.17, 15) is 5.11 Å². The van der Waals surface area contributed by atoms with E-state index in [-0.39, 0.29) is 6.10 Å². The lowest BCUT2D eigenvalue weighted by atomic mass is 10.0. The van der Waals surface area contributed by atoms with Gasteiger partial charge in [-0.2, -0.15) is 0 Å². The summed E-state index contributed by atoms with van der Waals surface area (Å²) in [6, 6.07) is 6.38. The summed E-state index contributed by atoms with van der Waals surface area (Å²) in [7, 11) is 0. The Morgan fingerprint density at radius 1 is 1.03 bits per heavy atom. The smallest absolute Gasteiger partial charge is 0.190 e. The highest BCUT2D eigenvalue weighted by molar-refractivity contribution is 5.37. The maximum Gasteiger partial charge on any atom is 0.190 e. The molecule has 2 fully saturated rings. The lowest BCUT2D eigenvalue weighted by Crippen LogP contribution is -2.42. The number of fused-ring (bicyclic) bond motifs is 1. The molecule has 1 N–H and O–H groups in total.